The first-order valence-corrected chi connectivity index (χ1v) is 13.6. The molecule has 2 heterocycles. The maximum atomic E-state index is 13.9. The van der Waals surface area contributed by atoms with Gasteiger partial charge in [0.2, 0.25) is 11.7 Å². The fraction of sp³-hybridized carbons (Fsp3) is 0.269. The van der Waals surface area contributed by atoms with Crippen molar-refractivity contribution in [3.8, 4) is 10.7 Å². The summed E-state index contributed by atoms with van der Waals surface area (Å²) in [7, 11) is 0. The summed E-state index contributed by atoms with van der Waals surface area (Å²) >= 11 is 13.8. The highest BCUT2D eigenvalue weighted by Gasteiger charge is 2.34. The van der Waals surface area contributed by atoms with E-state index in [9.17, 15) is 9.59 Å². The number of carbonyl (C=O) groups is 2. The van der Waals surface area contributed by atoms with Crippen LogP contribution >= 0.6 is 34.5 Å². The van der Waals surface area contributed by atoms with Gasteiger partial charge in [0.25, 0.3) is 5.91 Å². The molecule has 1 N–H and O–H groups in total. The third kappa shape index (κ3) is 6.01. The summed E-state index contributed by atoms with van der Waals surface area (Å²) in [6.45, 7) is -0.207. The number of anilines is 1. The highest BCUT2D eigenvalue weighted by Crippen LogP contribution is 2.31. The normalized spacial score (nSPS) is 14.4. The molecule has 0 radical (unpaired) electrons. The summed E-state index contributed by atoms with van der Waals surface area (Å²) in [5, 5.41) is 18.7. The zero-order valence-electron chi connectivity index (χ0n) is 19.8. The van der Waals surface area contributed by atoms with Crippen LogP contribution in [0.3, 0.4) is 0 Å². The lowest BCUT2D eigenvalue weighted by atomic mass is 10.0. The minimum absolute atomic E-state index is 0.0785. The van der Waals surface area contributed by atoms with Gasteiger partial charge in [0.15, 0.2) is 0 Å². The molecule has 2 amide bonds. The third-order valence-corrected chi connectivity index (χ3v) is 7.61. The molecule has 8 nitrogen and oxygen atoms in total. The summed E-state index contributed by atoms with van der Waals surface area (Å²) in [5.41, 5.74) is 1.16. The standard InChI is InChI=1S/C26H24Cl2N6O2S/c27-18-9-7-17(8-10-18)24(26(36)29-20-4-1-2-5-20)34(21-13-11-19(28)12-14-21)23(35)16-33-31-25(30-32-33)22-6-3-15-37-22/h3,6-15,20,24H,1-2,4-5,16H2,(H,29,36)/t24-/m0/s1. The molecule has 11 heteroatoms. The monoisotopic (exact) mass is 554 g/mol. The largest absolute Gasteiger partial charge is 0.351 e. The van der Waals surface area contributed by atoms with Crippen LogP contribution in [-0.2, 0) is 16.1 Å². The fourth-order valence-corrected chi connectivity index (χ4v) is 5.36. The van der Waals surface area contributed by atoms with Gasteiger partial charge in [-0.1, -0.05) is 54.2 Å². The molecule has 5 rings (SSSR count). The van der Waals surface area contributed by atoms with Crippen molar-refractivity contribution in [2.75, 3.05) is 4.90 Å². The zero-order chi connectivity index (χ0) is 25.8. The van der Waals surface area contributed by atoms with Crippen molar-refractivity contribution in [2.45, 2.75) is 44.3 Å². The van der Waals surface area contributed by atoms with Crippen LogP contribution in [-0.4, -0.2) is 38.1 Å². The van der Waals surface area contributed by atoms with E-state index in [-0.39, 0.29) is 24.4 Å². The lowest BCUT2D eigenvalue weighted by Gasteiger charge is -2.32. The van der Waals surface area contributed by atoms with Crippen LogP contribution in [0.25, 0.3) is 10.7 Å². The molecule has 2 aromatic heterocycles. The zero-order valence-corrected chi connectivity index (χ0v) is 22.1. The fourth-order valence-electron chi connectivity index (χ4n) is 4.46. The van der Waals surface area contributed by atoms with Crippen LogP contribution in [0.4, 0.5) is 5.69 Å². The topological polar surface area (TPSA) is 93.0 Å². The second-order valence-corrected chi connectivity index (χ2v) is 10.6. The van der Waals surface area contributed by atoms with E-state index in [1.807, 2.05) is 17.5 Å². The molecule has 0 unspecified atom stereocenters. The predicted molar refractivity (Wildman–Crippen MR) is 145 cm³/mol. The van der Waals surface area contributed by atoms with Gasteiger partial charge in [0.05, 0.1) is 4.88 Å². The van der Waals surface area contributed by atoms with Crippen LogP contribution in [0, 0.1) is 0 Å². The Bertz CT molecular complexity index is 1350. The quantitative estimate of drug-likeness (QED) is 0.308. The van der Waals surface area contributed by atoms with Crippen LogP contribution in [0.2, 0.25) is 10.0 Å². The minimum atomic E-state index is -0.938. The average Bonchev–Trinajstić information content (AvgIpc) is 3.67. The number of hydrogen-bond acceptors (Lipinski definition) is 6. The highest BCUT2D eigenvalue weighted by atomic mass is 35.5. The van der Waals surface area contributed by atoms with Gasteiger partial charge >= 0.3 is 0 Å². The number of nitrogens with one attached hydrogen (secondary N) is 1. The number of carbonyl (C=O) groups excluding carboxylic acids is 2. The second-order valence-electron chi connectivity index (χ2n) is 8.80. The smallest absolute Gasteiger partial charge is 0.251 e. The molecular formula is C26H24Cl2N6O2S. The van der Waals surface area contributed by atoms with Crippen molar-refractivity contribution in [3.63, 3.8) is 0 Å². The van der Waals surface area contributed by atoms with E-state index < -0.39 is 6.04 Å². The van der Waals surface area contributed by atoms with E-state index in [0.29, 0.717) is 27.1 Å². The van der Waals surface area contributed by atoms with Gasteiger partial charge in [-0.3, -0.25) is 14.5 Å². The first-order chi connectivity index (χ1) is 18.0. The van der Waals surface area contributed by atoms with Gasteiger partial charge < -0.3 is 5.32 Å². The summed E-state index contributed by atoms with van der Waals surface area (Å²) in [6.07, 6.45) is 3.98. The molecule has 4 aromatic rings. The number of amides is 2. The lowest BCUT2D eigenvalue weighted by Crippen LogP contribution is -2.47. The van der Waals surface area contributed by atoms with Crippen molar-refractivity contribution in [1.82, 2.24) is 25.5 Å². The number of thiophene rings is 1. The van der Waals surface area contributed by atoms with Crippen molar-refractivity contribution in [1.29, 1.82) is 0 Å². The SMILES string of the molecule is O=C(NC1CCCC1)[C@H](c1ccc(Cl)cc1)N(C(=O)Cn1nnc(-c2cccs2)n1)c1ccc(Cl)cc1. The first-order valence-electron chi connectivity index (χ1n) is 11.9. The van der Waals surface area contributed by atoms with E-state index in [4.69, 9.17) is 23.2 Å². The van der Waals surface area contributed by atoms with E-state index in [2.05, 4.69) is 20.7 Å². The Morgan fingerprint density at radius 3 is 2.35 bits per heavy atom. The Kier molecular flexibility index (Phi) is 7.83. The van der Waals surface area contributed by atoms with E-state index >= 15 is 0 Å². The van der Waals surface area contributed by atoms with E-state index in [1.54, 1.807) is 48.5 Å². The molecule has 1 aliphatic carbocycles. The van der Waals surface area contributed by atoms with Gasteiger partial charge in [0, 0.05) is 21.8 Å². The summed E-state index contributed by atoms with van der Waals surface area (Å²) in [5.74, 6) is -0.198. The van der Waals surface area contributed by atoms with Crippen molar-refractivity contribution < 1.29 is 9.59 Å². The molecule has 1 atom stereocenters. The Labute approximate surface area is 228 Å². The molecule has 1 fully saturated rings. The second kappa shape index (κ2) is 11.4. The molecule has 0 aliphatic heterocycles. The number of halogens is 2. The Hall–Kier alpha value is -3.27. The molecule has 0 saturated heterocycles. The number of tetrazole rings is 1. The molecule has 2 aromatic carbocycles. The Balaban J connectivity index is 1.51. The highest BCUT2D eigenvalue weighted by molar-refractivity contribution is 7.13. The van der Waals surface area contributed by atoms with E-state index in [1.165, 1.54) is 21.0 Å². The number of hydrogen-bond donors (Lipinski definition) is 1. The number of aromatic nitrogens is 4. The Morgan fingerprint density at radius 2 is 1.70 bits per heavy atom. The van der Waals surface area contributed by atoms with E-state index in [0.717, 1.165) is 30.6 Å². The maximum Gasteiger partial charge on any atom is 0.251 e. The van der Waals surface area contributed by atoms with Gasteiger partial charge in [-0.15, -0.1) is 21.5 Å². The predicted octanol–water partition coefficient (Wildman–Crippen LogP) is 5.54. The van der Waals surface area contributed by atoms with Crippen LogP contribution < -0.4 is 10.2 Å². The van der Waals surface area contributed by atoms with Crippen molar-refractivity contribution >= 4 is 52.0 Å². The molecule has 1 saturated carbocycles. The lowest BCUT2D eigenvalue weighted by molar-refractivity contribution is -0.127. The van der Waals surface area contributed by atoms with Crippen LogP contribution in [0.5, 0.6) is 0 Å². The molecule has 0 bridgehead atoms. The molecule has 37 heavy (non-hydrogen) atoms. The van der Waals surface area contributed by atoms with Crippen molar-refractivity contribution in [2.24, 2.45) is 0 Å². The maximum absolute atomic E-state index is 13.9. The molecule has 0 spiro atoms. The van der Waals surface area contributed by atoms with Crippen LogP contribution in [0.1, 0.15) is 37.3 Å². The van der Waals surface area contributed by atoms with Crippen molar-refractivity contribution in [3.05, 3.63) is 81.7 Å². The average molecular weight is 555 g/mol. The third-order valence-electron chi connectivity index (χ3n) is 6.24. The first kappa shape index (κ1) is 25.4. The molecule has 190 valence electrons. The number of nitrogens with zero attached hydrogens (tertiary/aromatic N) is 5. The van der Waals surface area contributed by atoms with Gasteiger partial charge in [-0.05, 0) is 71.5 Å². The minimum Gasteiger partial charge on any atom is -0.351 e. The van der Waals surface area contributed by atoms with Gasteiger partial charge in [0.1, 0.15) is 12.6 Å². The summed E-state index contributed by atoms with van der Waals surface area (Å²) in [4.78, 5) is 31.2. The summed E-state index contributed by atoms with van der Waals surface area (Å²) in [6, 6.07) is 16.7. The number of benzene rings is 2. The van der Waals surface area contributed by atoms with Crippen LogP contribution in [0.15, 0.2) is 66.0 Å². The summed E-state index contributed by atoms with van der Waals surface area (Å²) < 4.78 is 0. The number of rotatable bonds is 8. The van der Waals surface area contributed by atoms with Gasteiger partial charge in [-0.2, -0.15) is 4.80 Å². The van der Waals surface area contributed by atoms with Gasteiger partial charge in [-0.25, -0.2) is 0 Å². The molecule has 1 aliphatic rings. The Morgan fingerprint density at radius 1 is 1.03 bits per heavy atom. The molecular weight excluding hydrogens is 531 g/mol.